The molecule has 1 aliphatic heterocycles. The molecule has 1 aromatic carbocycles. The molecule has 8 heteroatoms. The third-order valence-corrected chi connectivity index (χ3v) is 4.23. The summed E-state index contributed by atoms with van der Waals surface area (Å²) >= 11 is 0. The van der Waals surface area contributed by atoms with Crippen molar-refractivity contribution in [1.82, 2.24) is 15.0 Å². The highest BCUT2D eigenvalue weighted by molar-refractivity contribution is 5.91. The van der Waals surface area contributed by atoms with E-state index in [2.05, 4.69) is 10.2 Å². The summed E-state index contributed by atoms with van der Waals surface area (Å²) in [5, 5.41) is 26.9. The molecule has 1 atom stereocenters. The van der Waals surface area contributed by atoms with Gasteiger partial charge in [-0.1, -0.05) is 12.1 Å². The number of carbonyl (C=O) groups is 1. The number of halogens is 1. The van der Waals surface area contributed by atoms with E-state index < -0.39 is 11.8 Å². The van der Waals surface area contributed by atoms with Crippen molar-refractivity contribution in [3.05, 3.63) is 35.8 Å². The molecule has 1 unspecified atom stereocenters. The van der Waals surface area contributed by atoms with Crippen LogP contribution in [0.25, 0.3) is 5.69 Å². The predicted molar refractivity (Wildman–Crippen MR) is 85.0 cm³/mol. The van der Waals surface area contributed by atoms with Crippen molar-refractivity contribution in [2.75, 3.05) is 18.1 Å². The first-order valence-electron chi connectivity index (χ1n) is 7.95. The minimum absolute atomic E-state index is 0.00706. The Labute approximate surface area is 138 Å². The number of aromatic nitrogens is 3. The van der Waals surface area contributed by atoms with Crippen LogP contribution in [0.5, 0.6) is 0 Å². The molecule has 0 spiro atoms. The zero-order chi connectivity index (χ0) is 17.1. The Morgan fingerprint density at radius 1 is 1.29 bits per heavy atom. The van der Waals surface area contributed by atoms with Crippen molar-refractivity contribution in [2.45, 2.75) is 31.7 Å². The molecule has 1 saturated heterocycles. The lowest BCUT2D eigenvalue weighted by molar-refractivity contribution is 0.0690. The van der Waals surface area contributed by atoms with E-state index in [4.69, 9.17) is 0 Å². The number of aliphatic hydroxyl groups is 1. The van der Waals surface area contributed by atoms with Gasteiger partial charge in [0, 0.05) is 19.2 Å². The second-order valence-electron chi connectivity index (χ2n) is 5.77. The number of aliphatic hydroxyl groups excluding tert-OH is 1. The lowest BCUT2D eigenvalue weighted by Gasteiger charge is -2.35. The summed E-state index contributed by atoms with van der Waals surface area (Å²) in [5.74, 6) is -1.51. The van der Waals surface area contributed by atoms with Crippen molar-refractivity contribution in [2.24, 2.45) is 0 Å². The molecule has 0 aliphatic carbocycles. The normalized spacial score (nSPS) is 17.9. The fourth-order valence-electron chi connectivity index (χ4n) is 3.08. The van der Waals surface area contributed by atoms with Gasteiger partial charge in [0.25, 0.3) is 0 Å². The second-order valence-corrected chi connectivity index (χ2v) is 5.77. The average Bonchev–Trinajstić information content (AvgIpc) is 3.01. The van der Waals surface area contributed by atoms with Gasteiger partial charge in [-0.05, 0) is 37.8 Å². The maximum absolute atomic E-state index is 14.0. The van der Waals surface area contributed by atoms with Gasteiger partial charge in [-0.25, -0.2) is 9.18 Å². The van der Waals surface area contributed by atoms with Crippen LogP contribution in [0.4, 0.5) is 10.2 Å². The summed E-state index contributed by atoms with van der Waals surface area (Å²) < 4.78 is 14.0. The summed E-state index contributed by atoms with van der Waals surface area (Å²) in [6.07, 6.45) is 3.32. The van der Waals surface area contributed by atoms with E-state index in [9.17, 15) is 19.4 Å². The monoisotopic (exact) mass is 334 g/mol. The Morgan fingerprint density at radius 2 is 2.08 bits per heavy atom. The van der Waals surface area contributed by atoms with Gasteiger partial charge in [-0.2, -0.15) is 0 Å². The first-order valence-corrected chi connectivity index (χ1v) is 7.95. The number of hydrogen-bond acceptors (Lipinski definition) is 5. The number of carboxylic acids is 1. The van der Waals surface area contributed by atoms with Crippen molar-refractivity contribution in [3.63, 3.8) is 0 Å². The van der Waals surface area contributed by atoms with Gasteiger partial charge in [-0.3, -0.25) is 0 Å². The third-order valence-electron chi connectivity index (χ3n) is 4.23. The molecule has 1 aliphatic rings. The molecule has 2 N–H and O–H groups in total. The van der Waals surface area contributed by atoms with Crippen LogP contribution in [-0.2, 0) is 0 Å². The molecule has 0 saturated carbocycles. The van der Waals surface area contributed by atoms with E-state index in [1.807, 2.05) is 4.90 Å². The summed E-state index contributed by atoms with van der Waals surface area (Å²) in [6.45, 7) is 0.659. The van der Waals surface area contributed by atoms with Crippen molar-refractivity contribution in [3.8, 4) is 5.69 Å². The summed E-state index contributed by atoms with van der Waals surface area (Å²) in [7, 11) is 0. The number of nitrogens with zero attached hydrogens (tertiary/aromatic N) is 4. The van der Waals surface area contributed by atoms with Gasteiger partial charge in [-0.15, -0.1) is 15.0 Å². The first-order chi connectivity index (χ1) is 11.6. The van der Waals surface area contributed by atoms with E-state index in [1.165, 1.54) is 12.1 Å². The van der Waals surface area contributed by atoms with Gasteiger partial charge in [0.15, 0.2) is 11.6 Å². The van der Waals surface area contributed by atoms with Crippen LogP contribution in [0.2, 0.25) is 0 Å². The van der Waals surface area contributed by atoms with E-state index in [1.54, 1.807) is 12.1 Å². The van der Waals surface area contributed by atoms with Crippen LogP contribution in [0.1, 0.15) is 36.2 Å². The van der Waals surface area contributed by atoms with Gasteiger partial charge in [0.2, 0.25) is 5.69 Å². The number of para-hydroxylation sites is 1. The van der Waals surface area contributed by atoms with Gasteiger partial charge in [0.1, 0.15) is 5.69 Å². The van der Waals surface area contributed by atoms with E-state index >= 15 is 0 Å². The lowest BCUT2D eigenvalue weighted by Crippen LogP contribution is -2.41. The minimum atomic E-state index is -1.21. The zero-order valence-electron chi connectivity index (χ0n) is 13.1. The highest BCUT2D eigenvalue weighted by Crippen LogP contribution is 2.28. The molecule has 0 amide bonds. The highest BCUT2D eigenvalue weighted by atomic mass is 19.1. The molecular weight excluding hydrogens is 315 g/mol. The quantitative estimate of drug-likeness (QED) is 0.867. The predicted octanol–water partition coefficient (Wildman–Crippen LogP) is 1.85. The smallest absolute Gasteiger partial charge is 0.360 e. The van der Waals surface area contributed by atoms with E-state index in [0.29, 0.717) is 13.0 Å². The summed E-state index contributed by atoms with van der Waals surface area (Å²) in [6, 6.07) is 5.95. The molecule has 2 heterocycles. The average molecular weight is 334 g/mol. The zero-order valence-corrected chi connectivity index (χ0v) is 13.1. The third kappa shape index (κ3) is 3.09. The van der Waals surface area contributed by atoms with Crippen molar-refractivity contribution >= 4 is 11.8 Å². The van der Waals surface area contributed by atoms with Crippen LogP contribution in [-0.4, -0.2) is 50.4 Å². The van der Waals surface area contributed by atoms with Gasteiger partial charge < -0.3 is 15.1 Å². The summed E-state index contributed by atoms with van der Waals surface area (Å²) in [5.41, 5.74) is -0.106. The number of hydrogen-bond donors (Lipinski definition) is 2. The van der Waals surface area contributed by atoms with E-state index in [-0.39, 0.29) is 29.8 Å². The SMILES string of the molecule is O=C(O)c1nn(-c2ccccc2F)nc1N1CCCCC1CCO. The lowest BCUT2D eigenvalue weighted by atomic mass is 9.99. The van der Waals surface area contributed by atoms with Gasteiger partial charge in [0.05, 0.1) is 0 Å². The Morgan fingerprint density at radius 3 is 2.79 bits per heavy atom. The fourth-order valence-corrected chi connectivity index (χ4v) is 3.08. The molecule has 1 fully saturated rings. The van der Waals surface area contributed by atoms with E-state index in [0.717, 1.165) is 24.1 Å². The number of benzene rings is 1. The Balaban J connectivity index is 2.03. The molecular formula is C16H19FN4O3. The first kappa shape index (κ1) is 16.4. The van der Waals surface area contributed by atoms with Crippen molar-refractivity contribution < 1.29 is 19.4 Å². The van der Waals surface area contributed by atoms with Crippen LogP contribution in [0, 0.1) is 5.82 Å². The highest BCUT2D eigenvalue weighted by Gasteiger charge is 2.30. The topological polar surface area (TPSA) is 91.5 Å². The van der Waals surface area contributed by atoms with Crippen LogP contribution < -0.4 is 4.90 Å². The Kier molecular flexibility index (Phi) is 4.75. The van der Waals surface area contributed by atoms with Crippen LogP contribution >= 0.6 is 0 Å². The second kappa shape index (κ2) is 6.96. The molecule has 3 rings (SSSR count). The number of carboxylic acid groups (broad SMARTS) is 1. The molecule has 0 radical (unpaired) electrons. The number of rotatable bonds is 5. The molecule has 24 heavy (non-hydrogen) atoms. The Hall–Kier alpha value is -2.48. The molecule has 2 aromatic rings. The summed E-state index contributed by atoms with van der Waals surface area (Å²) in [4.78, 5) is 14.5. The number of anilines is 1. The molecule has 0 bridgehead atoms. The maximum atomic E-state index is 14.0. The molecule has 7 nitrogen and oxygen atoms in total. The largest absolute Gasteiger partial charge is 0.476 e. The minimum Gasteiger partial charge on any atom is -0.476 e. The Bertz CT molecular complexity index is 732. The van der Waals surface area contributed by atoms with Gasteiger partial charge >= 0.3 is 5.97 Å². The van der Waals surface area contributed by atoms with Crippen LogP contribution in [0.3, 0.4) is 0 Å². The number of aromatic carboxylic acids is 1. The van der Waals surface area contributed by atoms with Crippen molar-refractivity contribution in [1.29, 1.82) is 0 Å². The standard InChI is InChI=1S/C16H19FN4O3/c17-12-6-1-2-7-13(12)21-18-14(16(23)24)15(19-21)20-9-4-3-5-11(20)8-10-22/h1-2,6-7,11,22H,3-5,8-10H2,(H,23,24). The fraction of sp³-hybridized carbons (Fsp3) is 0.438. The molecule has 1 aromatic heterocycles. The molecule has 128 valence electrons. The maximum Gasteiger partial charge on any atom is 0.360 e. The van der Waals surface area contributed by atoms with Crippen LogP contribution in [0.15, 0.2) is 24.3 Å². The number of piperidine rings is 1.